The van der Waals surface area contributed by atoms with E-state index in [9.17, 15) is 0 Å². The summed E-state index contributed by atoms with van der Waals surface area (Å²) in [5.41, 5.74) is 0. The SMILES string of the molecule is CCC(CC)N(C)c1cc(Cl)nc(SC)n1. The Morgan fingerprint density at radius 3 is 2.50 bits per heavy atom. The summed E-state index contributed by atoms with van der Waals surface area (Å²) < 4.78 is 0. The Hall–Kier alpha value is -0.480. The number of anilines is 1. The highest BCUT2D eigenvalue weighted by Gasteiger charge is 2.14. The molecule has 1 aromatic rings. The Morgan fingerprint density at radius 1 is 1.38 bits per heavy atom. The Bertz CT molecular complexity index is 342. The fourth-order valence-electron chi connectivity index (χ4n) is 1.68. The second-order valence-corrected chi connectivity index (χ2v) is 4.78. The lowest BCUT2D eigenvalue weighted by Gasteiger charge is -2.27. The topological polar surface area (TPSA) is 29.0 Å². The van der Waals surface area contributed by atoms with Crippen molar-refractivity contribution in [2.24, 2.45) is 0 Å². The third kappa shape index (κ3) is 3.25. The summed E-state index contributed by atoms with van der Waals surface area (Å²) in [7, 11) is 2.06. The highest BCUT2D eigenvalue weighted by atomic mass is 35.5. The molecule has 0 spiro atoms. The summed E-state index contributed by atoms with van der Waals surface area (Å²) in [6.07, 6.45) is 4.15. The zero-order valence-corrected chi connectivity index (χ0v) is 11.8. The zero-order chi connectivity index (χ0) is 12.1. The Balaban J connectivity index is 2.97. The molecule has 0 N–H and O–H groups in total. The van der Waals surface area contributed by atoms with Gasteiger partial charge >= 0.3 is 0 Å². The molecule has 0 aromatic carbocycles. The van der Waals surface area contributed by atoms with Crippen molar-refractivity contribution in [2.45, 2.75) is 37.9 Å². The number of hydrogen-bond acceptors (Lipinski definition) is 4. The van der Waals surface area contributed by atoms with Crippen LogP contribution in [0.4, 0.5) is 5.82 Å². The standard InChI is InChI=1S/C11H18ClN3S/c1-5-8(6-2)15(3)10-7-9(12)13-11(14-10)16-4/h7-8H,5-6H2,1-4H3. The molecule has 3 nitrogen and oxygen atoms in total. The van der Waals surface area contributed by atoms with Gasteiger partial charge in [0.15, 0.2) is 5.16 Å². The van der Waals surface area contributed by atoms with E-state index in [1.165, 1.54) is 11.8 Å². The molecular formula is C11H18ClN3S. The fraction of sp³-hybridized carbons (Fsp3) is 0.636. The summed E-state index contributed by atoms with van der Waals surface area (Å²) in [6.45, 7) is 4.37. The van der Waals surface area contributed by atoms with Gasteiger partial charge in [0.2, 0.25) is 0 Å². The summed E-state index contributed by atoms with van der Waals surface area (Å²) in [5, 5.41) is 1.23. The third-order valence-electron chi connectivity index (χ3n) is 2.70. The van der Waals surface area contributed by atoms with E-state index in [4.69, 9.17) is 11.6 Å². The lowest BCUT2D eigenvalue weighted by Crippen LogP contribution is -2.31. The van der Waals surface area contributed by atoms with Crippen molar-refractivity contribution in [1.82, 2.24) is 9.97 Å². The van der Waals surface area contributed by atoms with Crippen molar-refractivity contribution >= 4 is 29.2 Å². The van der Waals surface area contributed by atoms with Crippen LogP contribution in [0.2, 0.25) is 5.15 Å². The lowest BCUT2D eigenvalue weighted by molar-refractivity contribution is 0.584. The van der Waals surface area contributed by atoms with E-state index in [0.29, 0.717) is 11.2 Å². The third-order valence-corrected chi connectivity index (χ3v) is 3.44. The molecule has 0 saturated carbocycles. The Labute approximate surface area is 107 Å². The van der Waals surface area contributed by atoms with Crippen molar-refractivity contribution in [3.63, 3.8) is 0 Å². The van der Waals surface area contributed by atoms with Crippen LogP contribution in [-0.2, 0) is 0 Å². The zero-order valence-electron chi connectivity index (χ0n) is 10.2. The molecule has 1 rings (SSSR count). The Morgan fingerprint density at radius 2 is 2.00 bits per heavy atom. The number of rotatable bonds is 5. The predicted octanol–water partition coefficient (Wildman–Crippen LogP) is 3.48. The molecule has 0 saturated heterocycles. The van der Waals surface area contributed by atoms with Gasteiger partial charge in [0, 0.05) is 19.2 Å². The van der Waals surface area contributed by atoms with Crippen LogP contribution in [0.15, 0.2) is 11.2 Å². The molecule has 1 aromatic heterocycles. The van der Waals surface area contributed by atoms with E-state index in [2.05, 4.69) is 35.8 Å². The van der Waals surface area contributed by atoms with E-state index in [1.54, 1.807) is 0 Å². The van der Waals surface area contributed by atoms with Gasteiger partial charge in [-0.2, -0.15) is 0 Å². The monoisotopic (exact) mass is 259 g/mol. The van der Waals surface area contributed by atoms with Crippen molar-refractivity contribution in [3.8, 4) is 0 Å². The maximum absolute atomic E-state index is 5.97. The van der Waals surface area contributed by atoms with Crippen molar-refractivity contribution in [2.75, 3.05) is 18.2 Å². The maximum Gasteiger partial charge on any atom is 0.190 e. The van der Waals surface area contributed by atoms with Gasteiger partial charge in [-0.15, -0.1) is 0 Å². The van der Waals surface area contributed by atoms with Gasteiger partial charge in [0.1, 0.15) is 11.0 Å². The molecule has 0 atom stereocenters. The first-order valence-electron chi connectivity index (χ1n) is 5.43. The number of halogens is 1. The molecule has 0 aliphatic heterocycles. The molecule has 0 aliphatic rings. The van der Waals surface area contributed by atoms with Crippen LogP contribution in [-0.4, -0.2) is 29.3 Å². The number of aromatic nitrogens is 2. The minimum absolute atomic E-state index is 0.501. The average Bonchev–Trinajstić information content (AvgIpc) is 2.29. The van der Waals surface area contributed by atoms with Crippen LogP contribution in [0.3, 0.4) is 0 Å². The molecule has 0 fully saturated rings. The predicted molar refractivity (Wildman–Crippen MR) is 71.6 cm³/mol. The van der Waals surface area contributed by atoms with E-state index >= 15 is 0 Å². The Kier molecular flexibility index (Phi) is 5.35. The summed E-state index contributed by atoms with van der Waals surface area (Å²) in [4.78, 5) is 10.8. The number of nitrogens with zero attached hydrogens (tertiary/aromatic N) is 3. The highest BCUT2D eigenvalue weighted by molar-refractivity contribution is 7.98. The number of hydrogen-bond donors (Lipinski definition) is 0. The van der Waals surface area contributed by atoms with Gasteiger partial charge in [-0.25, -0.2) is 9.97 Å². The van der Waals surface area contributed by atoms with Gasteiger partial charge in [0.25, 0.3) is 0 Å². The van der Waals surface area contributed by atoms with Gasteiger partial charge in [-0.05, 0) is 19.1 Å². The molecule has 1 heterocycles. The first-order valence-corrected chi connectivity index (χ1v) is 7.04. The van der Waals surface area contributed by atoms with E-state index in [-0.39, 0.29) is 0 Å². The first kappa shape index (κ1) is 13.6. The maximum atomic E-state index is 5.97. The summed E-state index contributed by atoms with van der Waals surface area (Å²) >= 11 is 7.48. The van der Waals surface area contributed by atoms with Gasteiger partial charge in [-0.3, -0.25) is 0 Å². The van der Waals surface area contributed by atoms with E-state index in [0.717, 1.165) is 23.8 Å². The molecular weight excluding hydrogens is 242 g/mol. The molecule has 90 valence electrons. The fourth-order valence-corrected chi connectivity index (χ4v) is 2.28. The molecule has 16 heavy (non-hydrogen) atoms. The van der Waals surface area contributed by atoms with Crippen LogP contribution in [0.25, 0.3) is 0 Å². The quantitative estimate of drug-likeness (QED) is 0.460. The smallest absolute Gasteiger partial charge is 0.190 e. The first-order chi connectivity index (χ1) is 7.62. The summed E-state index contributed by atoms with van der Waals surface area (Å²) in [5.74, 6) is 0.901. The highest BCUT2D eigenvalue weighted by Crippen LogP contribution is 2.22. The van der Waals surface area contributed by atoms with Crippen LogP contribution < -0.4 is 4.90 Å². The normalized spacial score (nSPS) is 10.9. The van der Waals surface area contributed by atoms with Gasteiger partial charge < -0.3 is 4.90 Å². The molecule has 0 radical (unpaired) electrons. The molecule has 0 bridgehead atoms. The minimum atomic E-state index is 0.501. The lowest BCUT2D eigenvalue weighted by atomic mass is 10.1. The largest absolute Gasteiger partial charge is 0.357 e. The van der Waals surface area contributed by atoms with E-state index < -0.39 is 0 Å². The molecule has 5 heteroatoms. The van der Waals surface area contributed by atoms with Crippen LogP contribution in [0.5, 0.6) is 0 Å². The molecule has 0 unspecified atom stereocenters. The second kappa shape index (κ2) is 6.30. The second-order valence-electron chi connectivity index (χ2n) is 3.62. The summed E-state index contributed by atoms with van der Waals surface area (Å²) in [6, 6.07) is 2.32. The van der Waals surface area contributed by atoms with Crippen LogP contribution in [0.1, 0.15) is 26.7 Å². The van der Waals surface area contributed by atoms with Crippen molar-refractivity contribution < 1.29 is 0 Å². The average molecular weight is 260 g/mol. The van der Waals surface area contributed by atoms with Crippen molar-refractivity contribution in [3.05, 3.63) is 11.2 Å². The minimum Gasteiger partial charge on any atom is -0.357 e. The number of thioether (sulfide) groups is 1. The molecule has 0 amide bonds. The van der Waals surface area contributed by atoms with Gasteiger partial charge in [0.05, 0.1) is 0 Å². The van der Waals surface area contributed by atoms with Gasteiger partial charge in [-0.1, -0.05) is 37.2 Å². The molecule has 0 aliphatic carbocycles. The van der Waals surface area contributed by atoms with Crippen molar-refractivity contribution in [1.29, 1.82) is 0 Å². The van der Waals surface area contributed by atoms with Crippen LogP contribution >= 0.6 is 23.4 Å². The van der Waals surface area contributed by atoms with Crippen LogP contribution in [0, 0.1) is 0 Å². The van der Waals surface area contributed by atoms with E-state index in [1.807, 2.05) is 12.3 Å².